The van der Waals surface area contributed by atoms with Crippen LogP contribution in [0.15, 0.2) is 60.7 Å². The monoisotopic (exact) mass is 467 g/mol. The summed E-state index contributed by atoms with van der Waals surface area (Å²) >= 11 is 6.52. The first-order chi connectivity index (χ1) is 16.1. The maximum atomic E-state index is 13.1. The Morgan fingerprint density at radius 2 is 1.85 bits per heavy atom. The fourth-order valence-corrected chi connectivity index (χ4v) is 3.89. The van der Waals surface area contributed by atoms with Gasteiger partial charge < -0.3 is 19.8 Å². The second-order valence-corrected chi connectivity index (χ2v) is 8.14. The molecule has 0 saturated carbocycles. The molecule has 0 aliphatic carbocycles. The topological polar surface area (TPSA) is 59.2 Å². The van der Waals surface area contributed by atoms with Crippen LogP contribution >= 0.6 is 11.6 Å². The van der Waals surface area contributed by atoms with E-state index in [-0.39, 0.29) is 12.4 Å². The van der Waals surface area contributed by atoms with Gasteiger partial charge in [0.05, 0.1) is 22.7 Å². The lowest BCUT2D eigenvalue weighted by atomic mass is 10.2. The van der Waals surface area contributed by atoms with E-state index in [2.05, 4.69) is 15.3 Å². The molecule has 0 bridgehead atoms. The van der Waals surface area contributed by atoms with E-state index in [0.717, 1.165) is 47.4 Å². The quantitative estimate of drug-likeness (QED) is 0.263. The van der Waals surface area contributed by atoms with Crippen LogP contribution in [0, 0.1) is 5.82 Å². The summed E-state index contributed by atoms with van der Waals surface area (Å²) in [6.07, 6.45) is 1.84. The number of halogens is 2. The summed E-state index contributed by atoms with van der Waals surface area (Å²) in [6, 6.07) is 18.1. The van der Waals surface area contributed by atoms with Crippen molar-refractivity contribution >= 4 is 22.6 Å². The maximum Gasteiger partial charge on any atom is 0.180 e. The van der Waals surface area contributed by atoms with Gasteiger partial charge in [0.2, 0.25) is 0 Å². The fourth-order valence-electron chi connectivity index (χ4n) is 3.60. The molecule has 0 radical (unpaired) electrons. The first kappa shape index (κ1) is 23.1. The second kappa shape index (κ2) is 11.2. The smallest absolute Gasteiger partial charge is 0.180 e. The summed E-state index contributed by atoms with van der Waals surface area (Å²) in [6.45, 7) is 4.21. The van der Waals surface area contributed by atoms with Crippen molar-refractivity contribution in [2.24, 2.45) is 0 Å². The number of hydrogen-bond donors (Lipinski definition) is 2. The van der Waals surface area contributed by atoms with E-state index in [9.17, 15) is 4.39 Å². The Bertz CT molecular complexity index is 1160. The average molecular weight is 468 g/mol. The van der Waals surface area contributed by atoms with Crippen LogP contribution in [0.2, 0.25) is 5.02 Å². The molecule has 0 aliphatic heterocycles. The standard InChI is InChI=1S/C26H27ClFN3O2/c1-2-32-24-15-19(14-21(27)26(24)33-17-18-9-11-20(28)12-10-18)16-29-13-5-8-25-30-22-6-3-4-7-23(22)31-25/h3-4,6-7,9-12,14-15,29H,2,5,8,13,16-17H2,1H3,(H,30,31). The van der Waals surface area contributed by atoms with E-state index in [1.165, 1.54) is 12.1 Å². The number of aryl methyl sites for hydroxylation is 1. The number of imidazole rings is 1. The van der Waals surface area contributed by atoms with E-state index >= 15 is 0 Å². The number of benzene rings is 3. The lowest BCUT2D eigenvalue weighted by molar-refractivity contribution is 0.269. The number of nitrogens with zero attached hydrogens (tertiary/aromatic N) is 1. The van der Waals surface area contributed by atoms with Gasteiger partial charge in [-0.2, -0.15) is 0 Å². The van der Waals surface area contributed by atoms with E-state index < -0.39 is 0 Å². The highest BCUT2D eigenvalue weighted by molar-refractivity contribution is 6.32. The minimum Gasteiger partial charge on any atom is -0.490 e. The summed E-state index contributed by atoms with van der Waals surface area (Å²) in [4.78, 5) is 7.98. The molecule has 4 rings (SSSR count). The molecule has 33 heavy (non-hydrogen) atoms. The zero-order chi connectivity index (χ0) is 23.0. The summed E-state index contributed by atoms with van der Waals surface area (Å²) in [5.74, 6) is 1.83. The Kier molecular flexibility index (Phi) is 7.81. The summed E-state index contributed by atoms with van der Waals surface area (Å²) in [5.41, 5.74) is 3.94. The van der Waals surface area contributed by atoms with Crippen LogP contribution in [0.4, 0.5) is 4.39 Å². The van der Waals surface area contributed by atoms with Gasteiger partial charge in [-0.15, -0.1) is 0 Å². The highest BCUT2D eigenvalue weighted by Gasteiger charge is 2.13. The highest BCUT2D eigenvalue weighted by Crippen LogP contribution is 2.37. The predicted octanol–water partition coefficient (Wildman–Crippen LogP) is 6.06. The van der Waals surface area contributed by atoms with Crippen LogP contribution in [0.1, 0.15) is 30.3 Å². The van der Waals surface area contributed by atoms with Crippen molar-refractivity contribution in [2.75, 3.05) is 13.2 Å². The van der Waals surface area contributed by atoms with Crippen LogP contribution in [0.25, 0.3) is 11.0 Å². The Balaban J connectivity index is 1.31. The van der Waals surface area contributed by atoms with Crippen molar-refractivity contribution in [2.45, 2.75) is 32.9 Å². The lowest BCUT2D eigenvalue weighted by Gasteiger charge is -2.16. The number of aromatic nitrogens is 2. The molecule has 0 unspecified atom stereocenters. The van der Waals surface area contributed by atoms with Crippen molar-refractivity contribution in [3.63, 3.8) is 0 Å². The summed E-state index contributed by atoms with van der Waals surface area (Å²) in [7, 11) is 0. The van der Waals surface area contributed by atoms with Crippen molar-refractivity contribution in [3.05, 3.63) is 88.5 Å². The third kappa shape index (κ3) is 6.24. The molecule has 0 atom stereocenters. The number of ether oxygens (including phenoxy) is 2. The van der Waals surface area contributed by atoms with E-state index in [1.807, 2.05) is 43.3 Å². The Morgan fingerprint density at radius 1 is 1.03 bits per heavy atom. The largest absolute Gasteiger partial charge is 0.490 e. The van der Waals surface area contributed by atoms with Gasteiger partial charge in [-0.1, -0.05) is 35.9 Å². The zero-order valence-corrected chi connectivity index (χ0v) is 19.3. The number of H-pyrrole nitrogens is 1. The zero-order valence-electron chi connectivity index (χ0n) is 18.5. The van der Waals surface area contributed by atoms with Crippen LogP contribution < -0.4 is 14.8 Å². The fraction of sp³-hybridized carbons (Fsp3) is 0.269. The molecule has 1 heterocycles. The molecule has 4 aromatic rings. The maximum absolute atomic E-state index is 13.1. The van der Waals surface area contributed by atoms with E-state index in [0.29, 0.717) is 29.7 Å². The lowest BCUT2D eigenvalue weighted by Crippen LogP contribution is -2.15. The first-order valence-electron chi connectivity index (χ1n) is 11.1. The summed E-state index contributed by atoms with van der Waals surface area (Å²) in [5, 5.41) is 3.94. The van der Waals surface area contributed by atoms with Gasteiger partial charge in [0, 0.05) is 13.0 Å². The molecule has 7 heteroatoms. The molecule has 3 aromatic carbocycles. The molecule has 0 aliphatic rings. The van der Waals surface area contributed by atoms with Crippen LogP contribution in [0.3, 0.4) is 0 Å². The number of hydrogen-bond acceptors (Lipinski definition) is 4. The summed E-state index contributed by atoms with van der Waals surface area (Å²) < 4.78 is 24.8. The third-order valence-corrected chi connectivity index (χ3v) is 5.48. The highest BCUT2D eigenvalue weighted by atomic mass is 35.5. The van der Waals surface area contributed by atoms with Gasteiger partial charge in [0.1, 0.15) is 18.2 Å². The minimum atomic E-state index is -0.277. The third-order valence-electron chi connectivity index (χ3n) is 5.20. The molecule has 0 spiro atoms. The van der Waals surface area contributed by atoms with E-state index in [4.69, 9.17) is 21.1 Å². The number of fused-ring (bicyclic) bond motifs is 1. The van der Waals surface area contributed by atoms with Gasteiger partial charge in [0.25, 0.3) is 0 Å². The van der Waals surface area contributed by atoms with Gasteiger partial charge in [-0.25, -0.2) is 9.37 Å². The molecule has 0 saturated heterocycles. The molecule has 5 nitrogen and oxygen atoms in total. The molecular weight excluding hydrogens is 441 g/mol. The minimum absolute atomic E-state index is 0.277. The van der Waals surface area contributed by atoms with Gasteiger partial charge >= 0.3 is 0 Å². The predicted molar refractivity (Wildman–Crippen MR) is 129 cm³/mol. The SMILES string of the molecule is CCOc1cc(CNCCCc2nc3ccccc3[nH]2)cc(Cl)c1OCc1ccc(F)cc1. The van der Waals surface area contributed by atoms with E-state index in [1.54, 1.807) is 12.1 Å². The van der Waals surface area contributed by atoms with Gasteiger partial charge in [-0.3, -0.25) is 0 Å². The Hall–Kier alpha value is -3.09. The number of rotatable bonds is 11. The number of para-hydroxylation sites is 2. The van der Waals surface area contributed by atoms with Gasteiger partial charge in [0.15, 0.2) is 11.5 Å². The molecule has 0 amide bonds. The van der Waals surface area contributed by atoms with Crippen molar-refractivity contribution in [1.82, 2.24) is 15.3 Å². The van der Waals surface area contributed by atoms with Crippen LogP contribution in [-0.4, -0.2) is 23.1 Å². The molecule has 1 aromatic heterocycles. The van der Waals surface area contributed by atoms with Crippen LogP contribution in [-0.2, 0) is 19.6 Å². The average Bonchev–Trinajstić information content (AvgIpc) is 3.22. The Labute approximate surface area is 197 Å². The number of aromatic amines is 1. The van der Waals surface area contributed by atoms with Crippen molar-refractivity contribution < 1.29 is 13.9 Å². The Morgan fingerprint density at radius 3 is 2.64 bits per heavy atom. The number of nitrogens with one attached hydrogen (secondary N) is 2. The molecule has 2 N–H and O–H groups in total. The van der Waals surface area contributed by atoms with Crippen molar-refractivity contribution in [3.8, 4) is 11.5 Å². The van der Waals surface area contributed by atoms with Crippen molar-refractivity contribution in [1.29, 1.82) is 0 Å². The van der Waals surface area contributed by atoms with Gasteiger partial charge in [-0.05, 0) is 67.4 Å². The van der Waals surface area contributed by atoms with Crippen LogP contribution in [0.5, 0.6) is 11.5 Å². The molecule has 172 valence electrons. The normalized spacial score (nSPS) is 11.1. The molecule has 0 fully saturated rings. The molecular formula is C26H27ClFN3O2. The first-order valence-corrected chi connectivity index (χ1v) is 11.5. The second-order valence-electron chi connectivity index (χ2n) is 7.73.